The van der Waals surface area contributed by atoms with Gasteiger partial charge in [0.2, 0.25) is 5.78 Å². The fraction of sp³-hybridized carbons (Fsp3) is 0. The minimum Gasteiger partial charge on any atom is -0.512 e. The molecule has 6 heterocycles. The molecule has 0 spiro atoms. The van der Waals surface area contributed by atoms with Crippen molar-refractivity contribution in [2.24, 2.45) is 0 Å². The van der Waals surface area contributed by atoms with Gasteiger partial charge in [0.1, 0.15) is 22.6 Å². The minimum atomic E-state index is 0. The molecule has 1 aliphatic heterocycles. The molecule has 0 bridgehead atoms. The fourth-order valence-electron chi connectivity index (χ4n) is 10.4. The second kappa shape index (κ2) is 16.1. The predicted octanol–water partition coefficient (Wildman–Crippen LogP) is 15.8. The van der Waals surface area contributed by atoms with Gasteiger partial charge in [-0.15, -0.1) is 37.0 Å². The average molecular weight is 1100 g/mol. The molecular weight excluding hydrogens is 1060 g/mol. The van der Waals surface area contributed by atoms with Crippen LogP contribution in [0.2, 0.25) is 0 Å². The number of pyridine rings is 1. The van der Waals surface area contributed by atoms with Crippen LogP contribution < -0.4 is 14.5 Å². The van der Waals surface area contributed by atoms with Crippen LogP contribution in [0.3, 0.4) is 0 Å². The molecule has 1 aliphatic rings. The van der Waals surface area contributed by atoms with Gasteiger partial charge in [0.15, 0.2) is 0 Å². The van der Waals surface area contributed by atoms with E-state index in [-0.39, 0.29) is 21.1 Å². The Morgan fingerprint density at radius 3 is 1.99 bits per heavy atom. The van der Waals surface area contributed by atoms with E-state index < -0.39 is 0 Å². The van der Waals surface area contributed by atoms with E-state index in [1.54, 1.807) is 6.20 Å². The summed E-state index contributed by atoms with van der Waals surface area (Å²) in [6.07, 6.45) is 1.79. The first-order chi connectivity index (χ1) is 34.7. The normalized spacial score (nSPS) is 12.6. The van der Waals surface area contributed by atoms with E-state index in [0.29, 0.717) is 28.5 Å². The topological polar surface area (TPSA) is 77.1 Å². The SMILES string of the molecule is [Pt].[c-]1c(N2[CH-]N(c3c(-c4ccccc4)cccc3-c3ccccc3)c3ccccc32)cc2c(oc3ccc4oc5ccccc5c4c32)c1Oc1[c-]c2c(cc1)n1c3ccccc3nc1n2-c1ccccn1. The van der Waals surface area contributed by atoms with Gasteiger partial charge in [-0.3, -0.25) is 4.57 Å². The molecule has 0 unspecified atom stereocenters. The molecule has 0 amide bonds. The van der Waals surface area contributed by atoms with Crippen LogP contribution in [0.1, 0.15) is 0 Å². The van der Waals surface area contributed by atoms with E-state index in [1.807, 2.05) is 77.4 Å². The van der Waals surface area contributed by atoms with Crippen molar-refractivity contribution < 1.29 is 34.6 Å². The van der Waals surface area contributed by atoms with Crippen molar-refractivity contribution in [3.63, 3.8) is 0 Å². The summed E-state index contributed by atoms with van der Waals surface area (Å²) in [7, 11) is 0. The first-order valence-corrected chi connectivity index (χ1v) is 23.1. The van der Waals surface area contributed by atoms with Gasteiger partial charge in [0.05, 0.1) is 22.4 Å². The van der Waals surface area contributed by atoms with E-state index >= 15 is 0 Å². The first-order valence-electron chi connectivity index (χ1n) is 23.1. The molecular formula is C61H35N6O3Pt-3. The molecule has 0 atom stereocenters. The number of benzene rings is 9. The summed E-state index contributed by atoms with van der Waals surface area (Å²) < 4.78 is 24.6. The predicted molar refractivity (Wildman–Crippen MR) is 278 cm³/mol. The quantitative estimate of drug-likeness (QED) is 0.147. The summed E-state index contributed by atoms with van der Waals surface area (Å²) in [5.41, 5.74) is 14.7. The van der Waals surface area contributed by atoms with Crippen LogP contribution in [-0.4, -0.2) is 18.9 Å². The molecule has 14 aromatic rings. The fourth-order valence-corrected chi connectivity index (χ4v) is 10.4. The third-order valence-corrected chi connectivity index (χ3v) is 13.5. The van der Waals surface area contributed by atoms with E-state index in [1.165, 1.54) is 0 Å². The minimum absolute atomic E-state index is 0. The Balaban J connectivity index is 0.00000470. The number of furan rings is 2. The van der Waals surface area contributed by atoms with Gasteiger partial charge in [-0.05, 0) is 76.8 Å². The molecule has 5 aromatic heterocycles. The van der Waals surface area contributed by atoms with Crippen molar-refractivity contribution in [1.82, 2.24) is 18.9 Å². The summed E-state index contributed by atoms with van der Waals surface area (Å²) in [5.74, 6) is 2.32. The van der Waals surface area contributed by atoms with Crippen LogP contribution in [-0.2, 0) is 21.1 Å². The van der Waals surface area contributed by atoms with E-state index in [4.69, 9.17) is 23.5 Å². The zero-order valence-corrected chi connectivity index (χ0v) is 39.7. The number of hydrogen-bond acceptors (Lipinski definition) is 7. The number of para-hydroxylation sites is 6. The number of imidazole rings is 2. The molecule has 15 rings (SSSR count). The zero-order valence-electron chi connectivity index (χ0n) is 37.4. The van der Waals surface area contributed by atoms with Crippen molar-refractivity contribution >= 4 is 94.5 Å². The van der Waals surface area contributed by atoms with Crippen LogP contribution >= 0.6 is 0 Å². The molecule has 9 aromatic carbocycles. The number of nitrogens with zero attached hydrogens (tertiary/aromatic N) is 6. The third-order valence-electron chi connectivity index (χ3n) is 13.5. The molecule has 0 aliphatic carbocycles. The summed E-state index contributed by atoms with van der Waals surface area (Å²) in [6.45, 7) is 2.17. The molecule has 340 valence electrons. The zero-order chi connectivity index (χ0) is 45.9. The Morgan fingerprint density at radius 2 is 1.21 bits per heavy atom. The molecule has 0 N–H and O–H groups in total. The van der Waals surface area contributed by atoms with Crippen LogP contribution in [0.4, 0.5) is 22.7 Å². The number of rotatable bonds is 7. The van der Waals surface area contributed by atoms with Gasteiger partial charge < -0.3 is 27.8 Å². The number of hydrogen-bond donors (Lipinski definition) is 0. The molecule has 9 nitrogen and oxygen atoms in total. The Hall–Kier alpha value is -8.91. The van der Waals surface area contributed by atoms with Gasteiger partial charge in [-0.2, -0.15) is 0 Å². The molecule has 10 heteroatoms. The maximum atomic E-state index is 7.07. The number of ether oxygens (including phenoxy) is 1. The van der Waals surface area contributed by atoms with Gasteiger partial charge in [-0.25, -0.2) is 9.97 Å². The summed E-state index contributed by atoms with van der Waals surface area (Å²) >= 11 is 0. The van der Waals surface area contributed by atoms with Gasteiger partial charge >= 0.3 is 0 Å². The van der Waals surface area contributed by atoms with Crippen molar-refractivity contribution in [1.29, 1.82) is 0 Å². The maximum absolute atomic E-state index is 7.07. The summed E-state index contributed by atoms with van der Waals surface area (Å²) in [6, 6.07) is 75.9. The Kier molecular flexibility index (Phi) is 9.31. The van der Waals surface area contributed by atoms with Gasteiger partial charge in [0.25, 0.3) is 0 Å². The van der Waals surface area contributed by atoms with Crippen molar-refractivity contribution in [2.45, 2.75) is 0 Å². The Labute approximate surface area is 420 Å². The Morgan fingerprint density at radius 1 is 0.535 bits per heavy atom. The van der Waals surface area contributed by atoms with E-state index in [0.717, 1.165) is 106 Å². The van der Waals surface area contributed by atoms with Crippen molar-refractivity contribution in [3.05, 3.63) is 225 Å². The van der Waals surface area contributed by atoms with Crippen LogP contribution in [0, 0.1) is 18.8 Å². The Bertz CT molecular complexity index is 4330. The number of aromatic nitrogens is 4. The second-order valence-corrected chi connectivity index (χ2v) is 17.4. The van der Waals surface area contributed by atoms with Gasteiger partial charge in [-0.1, -0.05) is 138 Å². The number of fused-ring (bicyclic) bond motifs is 13. The van der Waals surface area contributed by atoms with E-state index in [2.05, 4.69) is 160 Å². The monoisotopic (exact) mass is 1090 g/mol. The average Bonchev–Trinajstić information content (AvgIpc) is 4.24. The van der Waals surface area contributed by atoms with E-state index in [9.17, 15) is 0 Å². The van der Waals surface area contributed by atoms with Gasteiger partial charge in [0, 0.05) is 77.4 Å². The van der Waals surface area contributed by atoms with Crippen molar-refractivity contribution in [3.8, 4) is 39.6 Å². The van der Waals surface area contributed by atoms with Crippen LogP contribution in [0.15, 0.2) is 215 Å². The van der Waals surface area contributed by atoms with Crippen LogP contribution in [0.5, 0.6) is 11.5 Å². The van der Waals surface area contributed by atoms with Crippen LogP contribution in [0.25, 0.3) is 99.8 Å². The maximum Gasteiger partial charge on any atom is 0.208 e. The first kappa shape index (κ1) is 41.1. The second-order valence-electron chi connectivity index (χ2n) is 17.4. The number of anilines is 4. The molecule has 71 heavy (non-hydrogen) atoms. The third kappa shape index (κ3) is 6.29. The standard InChI is InChI=1S/C61H35N6O3.Pt/c1-3-16-38(17-4-1)42-21-15-22-43(39-18-5-2-6-19-39)59(42)65-37-64(48-25-10-11-26-49(48)65)40-34-45-58-54(32-31-53-57(58)44-20-7-12-27-52(44)69-53)70-60(45)55(35-40)68-41-29-30-50-51(36-41)67(56-28-13-14-33-62-56)61-63-46-23-8-9-24-47(46)66(50)61;/h1-34,37H;/q-3;. The molecule has 0 fully saturated rings. The largest absolute Gasteiger partial charge is 0.512 e. The smallest absolute Gasteiger partial charge is 0.208 e. The summed E-state index contributed by atoms with van der Waals surface area (Å²) in [5, 5.41) is 3.77. The molecule has 0 saturated carbocycles. The summed E-state index contributed by atoms with van der Waals surface area (Å²) in [4.78, 5) is 14.4. The van der Waals surface area contributed by atoms with Crippen molar-refractivity contribution in [2.75, 3.05) is 9.80 Å². The molecule has 0 saturated heterocycles. The molecule has 0 radical (unpaired) electrons.